The van der Waals surface area contributed by atoms with Gasteiger partial charge in [0.1, 0.15) is 0 Å². The molecule has 0 unspecified atom stereocenters. The summed E-state index contributed by atoms with van der Waals surface area (Å²) in [7, 11) is -14.6. The van der Waals surface area contributed by atoms with Crippen LogP contribution in [0.15, 0.2) is 40.4 Å². The highest BCUT2D eigenvalue weighted by atomic mass is 32.2. The minimum atomic E-state index is -4.88. The molecule has 0 atom stereocenters. The average Bonchev–Trinajstić information content (AvgIpc) is 2.70. The monoisotopic (exact) mass is 505 g/mol. The molecule has 0 radical (unpaired) electrons. The lowest BCUT2D eigenvalue weighted by molar-refractivity contribution is 0.582. The fourth-order valence-electron chi connectivity index (χ4n) is 2.81. The normalized spacial score (nSPS) is 11.7. The Balaban J connectivity index is 3.87. The molecule has 0 spiro atoms. The van der Waals surface area contributed by atoms with E-state index < -0.39 is 50.3 Å². The van der Waals surface area contributed by atoms with E-state index in [4.69, 9.17) is 16.6 Å². The molecule has 0 amide bonds. The van der Waals surface area contributed by atoms with Gasteiger partial charge in [0, 0.05) is 28.3 Å². The van der Waals surface area contributed by atoms with Crippen molar-refractivity contribution in [2.75, 3.05) is 0 Å². The van der Waals surface area contributed by atoms with Gasteiger partial charge in [-0.2, -0.15) is 0 Å². The molecule has 15 nitrogen and oxygen atoms in total. The molecule has 1 aromatic rings. The molecule has 0 fully saturated rings. The van der Waals surface area contributed by atoms with E-state index in [0.717, 1.165) is 25.7 Å². The van der Waals surface area contributed by atoms with E-state index in [2.05, 4.69) is 28.3 Å². The first-order valence-corrected chi connectivity index (χ1v) is 13.4. The largest absolute Gasteiger partial charge is 0.264 e. The highest BCUT2D eigenvalue weighted by molar-refractivity contribution is 7.91. The van der Waals surface area contributed by atoms with Crippen molar-refractivity contribution in [3.8, 4) is 0 Å². The number of unbranched alkanes of at least 4 members (excludes halogenated alkanes) is 5. The maximum Gasteiger partial charge on any atom is 0.264 e. The highest BCUT2D eigenvalue weighted by Gasteiger charge is 2.29. The average molecular weight is 506 g/mol. The number of rotatable bonds is 13. The Labute approximate surface area is 184 Å². The zero-order valence-electron chi connectivity index (χ0n) is 16.8. The Morgan fingerprint density at radius 2 is 1.09 bits per heavy atom. The second-order valence-electron chi connectivity index (χ2n) is 6.35. The van der Waals surface area contributed by atoms with Crippen LogP contribution in [0.4, 0.5) is 0 Å². The topological polar surface area (TPSA) is 249 Å². The Morgan fingerprint density at radius 1 is 0.688 bits per heavy atom. The second kappa shape index (κ2) is 11.6. The lowest BCUT2D eigenvalue weighted by Gasteiger charge is -2.14. The molecule has 18 heteroatoms. The van der Waals surface area contributed by atoms with E-state index in [-0.39, 0.29) is 6.42 Å². The number of azide groups is 3. The van der Waals surface area contributed by atoms with Crippen LogP contribution in [-0.4, -0.2) is 25.3 Å². The van der Waals surface area contributed by atoms with Crippen LogP contribution in [0.3, 0.4) is 0 Å². The Bertz CT molecular complexity index is 1250. The summed E-state index contributed by atoms with van der Waals surface area (Å²) in [6.45, 7) is 2.02. The third-order valence-electron chi connectivity index (χ3n) is 4.21. The van der Waals surface area contributed by atoms with Crippen molar-refractivity contribution < 1.29 is 25.3 Å². The first-order valence-electron chi connectivity index (χ1n) is 9.08. The van der Waals surface area contributed by atoms with Crippen molar-refractivity contribution in [3.63, 3.8) is 0 Å². The quantitative estimate of drug-likeness (QED) is 0.160. The van der Waals surface area contributed by atoms with Gasteiger partial charge in [0.25, 0.3) is 30.1 Å². The third-order valence-corrected chi connectivity index (χ3v) is 7.74. The summed E-state index contributed by atoms with van der Waals surface area (Å²) in [5.74, 6) is 0. The molecule has 174 valence electrons. The van der Waals surface area contributed by atoms with Crippen LogP contribution in [0, 0.1) is 0 Å². The lowest BCUT2D eigenvalue weighted by Crippen LogP contribution is -2.11. The third kappa shape index (κ3) is 7.02. The van der Waals surface area contributed by atoms with Crippen LogP contribution >= 0.6 is 0 Å². The van der Waals surface area contributed by atoms with Crippen LogP contribution in [-0.2, 0) is 36.5 Å². The van der Waals surface area contributed by atoms with Crippen molar-refractivity contribution in [1.82, 2.24) is 0 Å². The van der Waals surface area contributed by atoms with Crippen molar-refractivity contribution in [1.29, 1.82) is 0 Å². The van der Waals surface area contributed by atoms with Crippen molar-refractivity contribution in [2.45, 2.75) is 66.6 Å². The Hall–Kier alpha value is -3.00. The zero-order chi connectivity index (χ0) is 24.4. The van der Waals surface area contributed by atoms with Gasteiger partial charge in [0.2, 0.25) is 0 Å². The summed E-state index contributed by atoms with van der Waals surface area (Å²) < 4.78 is 82.1. The fraction of sp³-hybridized carbons (Fsp3) is 0.571. The fourth-order valence-corrected chi connectivity index (χ4v) is 5.72. The van der Waals surface area contributed by atoms with E-state index in [1.807, 2.05) is 6.92 Å². The van der Waals surface area contributed by atoms with E-state index in [9.17, 15) is 25.3 Å². The molecule has 1 aromatic carbocycles. The Morgan fingerprint density at radius 3 is 1.53 bits per heavy atom. The van der Waals surface area contributed by atoms with Gasteiger partial charge in [-0.05, 0) is 47.1 Å². The zero-order valence-corrected chi connectivity index (χ0v) is 19.3. The molecule has 0 aromatic heterocycles. The molecule has 0 N–H and O–H groups in total. The van der Waals surface area contributed by atoms with E-state index >= 15 is 0 Å². The van der Waals surface area contributed by atoms with Crippen molar-refractivity contribution in [3.05, 3.63) is 49.0 Å². The molecule has 0 bridgehead atoms. The van der Waals surface area contributed by atoms with Crippen molar-refractivity contribution >= 4 is 30.1 Å². The van der Waals surface area contributed by atoms with Gasteiger partial charge in [0.15, 0.2) is 0 Å². The molecular weight excluding hydrogens is 486 g/mol. The van der Waals surface area contributed by atoms with Gasteiger partial charge >= 0.3 is 0 Å². The van der Waals surface area contributed by atoms with Crippen LogP contribution in [0.2, 0.25) is 0 Å². The first-order chi connectivity index (χ1) is 15.0. The van der Waals surface area contributed by atoms with Gasteiger partial charge in [0.05, 0.1) is 14.7 Å². The van der Waals surface area contributed by atoms with Gasteiger partial charge in [-0.15, -0.1) is 0 Å². The summed E-state index contributed by atoms with van der Waals surface area (Å²) in [5.41, 5.74) is 25.2. The highest BCUT2D eigenvalue weighted by Crippen LogP contribution is 2.32. The minimum absolute atomic E-state index is 0.168. The number of hydrogen-bond donors (Lipinski definition) is 0. The summed E-state index contributed by atoms with van der Waals surface area (Å²) in [4.78, 5) is 3.67. The smallest absolute Gasteiger partial charge is 0.216 e. The molecule has 0 aliphatic carbocycles. The van der Waals surface area contributed by atoms with Crippen LogP contribution in [0.1, 0.15) is 51.0 Å². The predicted molar refractivity (Wildman–Crippen MR) is 113 cm³/mol. The lowest BCUT2D eigenvalue weighted by atomic mass is 10.0. The van der Waals surface area contributed by atoms with Gasteiger partial charge in [-0.3, -0.25) is 0 Å². The van der Waals surface area contributed by atoms with Gasteiger partial charge < -0.3 is 0 Å². The number of benzene rings is 1. The first kappa shape index (κ1) is 27.0. The molecule has 0 aliphatic heterocycles. The van der Waals surface area contributed by atoms with Gasteiger partial charge in [-0.1, -0.05) is 39.0 Å². The molecule has 0 aliphatic rings. The minimum Gasteiger partial charge on any atom is -0.216 e. The van der Waals surface area contributed by atoms with Crippen LogP contribution in [0.25, 0.3) is 31.3 Å². The Kier molecular flexibility index (Phi) is 9.78. The number of hydrogen-bond acceptors (Lipinski definition) is 6. The molecular formula is C14H19N9O6S3. The molecule has 32 heavy (non-hydrogen) atoms. The molecule has 0 heterocycles. The van der Waals surface area contributed by atoms with E-state index in [1.54, 1.807) is 0 Å². The summed E-state index contributed by atoms with van der Waals surface area (Å²) in [6, 6.07) is 1.07. The van der Waals surface area contributed by atoms with Crippen molar-refractivity contribution in [2.24, 2.45) is 13.6 Å². The SMILES string of the molecule is CCCCCCCCc1c(S(=O)(=O)N=[N+]=[N-])cc(S(=O)(=O)N=[N+]=[N-])cc1S(=O)(=O)N=[N+]=[N-]. The second-order valence-corrected chi connectivity index (χ2v) is 11.0. The number of nitrogens with zero attached hydrogens (tertiary/aromatic N) is 9. The molecule has 0 saturated heterocycles. The van der Waals surface area contributed by atoms with E-state index in [0.29, 0.717) is 25.0 Å². The summed E-state index contributed by atoms with van der Waals surface area (Å²) >= 11 is 0. The van der Waals surface area contributed by atoms with Gasteiger partial charge in [-0.25, -0.2) is 25.3 Å². The molecule has 1 rings (SSSR count). The van der Waals surface area contributed by atoms with Crippen LogP contribution < -0.4 is 0 Å². The number of sulfonamides is 3. The van der Waals surface area contributed by atoms with Crippen LogP contribution in [0.5, 0.6) is 0 Å². The predicted octanol–water partition coefficient (Wildman–Crippen LogP) is 4.59. The standard InChI is InChI=1S/C14H19N9O6S3/c1-2-3-4-5-6-7-8-12-13(31(26,27)22-19-16)9-11(30(24,25)21-18-15)10-14(12)32(28,29)23-20-17/h9-10H,2-8H2,1H3. The van der Waals surface area contributed by atoms with E-state index in [1.165, 1.54) is 0 Å². The summed E-state index contributed by atoms with van der Waals surface area (Å²) in [5, 5.41) is 0. The maximum atomic E-state index is 12.5. The molecule has 0 saturated carbocycles. The summed E-state index contributed by atoms with van der Waals surface area (Å²) in [6.07, 6.45) is 4.41. The maximum absolute atomic E-state index is 12.5.